The summed E-state index contributed by atoms with van der Waals surface area (Å²) in [6.45, 7) is 1.93. The highest BCUT2D eigenvalue weighted by Gasteiger charge is 2.39. The lowest BCUT2D eigenvalue weighted by molar-refractivity contribution is -0.137. The first-order valence-corrected chi connectivity index (χ1v) is 4.94. The fraction of sp³-hybridized carbons (Fsp3) is 0.364. The number of halogens is 3. The minimum absolute atomic E-state index is 0.0301. The Bertz CT molecular complexity index is 439. The molecule has 0 radical (unpaired) electrons. The summed E-state index contributed by atoms with van der Waals surface area (Å²) in [5.74, 6) is -0.269. The predicted molar refractivity (Wildman–Crippen MR) is 53.2 cm³/mol. The van der Waals surface area contributed by atoms with Crippen molar-refractivity contribution in [2.24, 2.45) is 0 Å². The molecule has 0 unspecified atom stereocenters. The number of fused-ring (bicyclic) bond motifs is 1. The largest absolute Gasteiger partial charge is 0.418 e. The van der Waals surface area contributed by atoms with Crippen LogP contribution in [-0.2, 0) is 17.4 Å². The summed E-state index contributed by atoms with van der Waals surface area (Å²) in [5, 5.41) is 0. The third-order valence-corrected chi connectivity index (χ3v) is 2.65. The van der Waals surface area contributed by atoms with Gasteiger partial charge in [0.05, 0.1) is 17.7 Å². The van der Waals surface area contributed by atoms with Crippen molar-refractivity contribution in [1.82, 2.24) is 0 Å². The molecule has 2 rings (SSSR count). The average Bonchev–Trinajstić information content (AvgIpc) is 2.51. The Morgan fingerprint density at radius 3 is 2.62 bits per heavy atom. The number of para-hydroxylation sites is 1. The highest BCUT2D eigenvalue weighted by Crippen LogP contribution is 2.41. The maximum Gasteiger partial charge on any atom is 0.418 e. The molecule has 1 aliphatic rings. The number of hydrogen-bond donors (Lipinski definition) is 0. The Morgan fingerprint density at radius 1 is 1.38 bits per heavy atom. The molecule has 1 aromatic rings. The van der Waals surface area contributed by atoms with Crippen molar-refractivity contribution in [2.45, 2.75) is 19.5 Å². The minimum atomic E-state index is -4.41. The number of alkyl halides is 3. The lowest BCUT2D eigenvalue weighted by Gasteiger charge is -2.19. The van der Waals surface area contributed by atoms with Gasteiger partial charge in [-0.2, -0.15) is 13.2 Å². The Morgan fingerprint density at radius 2 is 2.06 bits per heavy atom. The van der Waals surface area contributed by atoms with Crippen molar-refractivity contribution < 1.29 is 18.0 Å². The molecule has 16 heavy (non-hydrogen) atoms. The van der Waals surface area contributed by atoms with Crippen LogP contribution in [0.4, 0.5) is 18.9 Å². The second-order valence-electron chi connectivity index (χ2n) is 3.63. The minimum Gasteiger partial charge on any atom is -0.312 e. The van der Waals surface area contributed by atoms with E-state index in [0.717, 1.165) is 6.07 Å². The molecule has 1 heterocycles. The molecule has 0 atom stereocenters. The highest BCUT2D eigenvalue weighted by molar-refractivity contribution is 6.02. The molecule has 0 saturated carbocycles. The van der Waals surface area contributed by atoms with Crippen LogP contribution in [-0.4, -0.2) is 12.5 Å². The first-order valence-electron chi connectivity index (χ1n) is 4.94. The van der Waals surface area contributed by atoms with Crippen LogP contribution >= 0.6 is 0 Å². The molecule has 0 spiro atoms. The molecular formula is C11H10F3NO. The van der Waals surface area contributed by atoms with E-state index in [4.69, 9.17) is 0 Å². The molecule has 0 N–H and O–H groups in total. The Kier molecular flexibility index (Phi) is 2.40. The number of nitrogens with zero attached hydrogens (tertiary/aromatic N) is 1. The van der Waals surface area contributed by atoms with Crippen molar-refractivity contribution in [1.29, 1.82) is 0 Å². The summed E-state index contributed by atoms with van der Waals surface area (Å²) >= 11 is 0. The van der Waals surface area contributed by atoms with Gasteiger partial charge in [0.15, 0.2) is 0 Å². The Hall–Kier alpha value is -1.52. The smallest absolute Gasteiger partial charge is 0.312 e. The second kappa shape index (κ2) is 3.50. The molecule has 1 aliphatic heterocycles. The number of hydrogen-bond acceptors (Lipinski definition) is 1. The first-order chi connectivity index (χ1) is 7.45. The zero-order chi connectivity index (χ0) is 11.9. The number of carbonyl (C=O) groups is 1. The third-order valence-electron chi connectivity index (χ3n) is 2.65. The van der Waals surface area contributed by atoms with E-state index in [1.54, 1.807) is 13.0 Å². The van der Waals surface area contributed by atoms with Gasteiger partial charge in [-0.15, -0.1) is 0 Å². The fourth-order valence-corrected chi connectivity index (χ4v) is 2.00. The van der Waals surface area contributed by atoms with E-state index in [0.29, 0.717) is 5.56 Å². The van der Waals surface area contributed by atoms with Gasteiger partial charge >= 0.3 is 6.18 Å². The molecule has 5 heteroatoms. The van der Waals surface area contributed by atoms with Crippen molar-refractivity contribution in [2.75, 3.05) is 11.4 Å². The second-order valence-corrected chi connectivity index (χ2v) is 3.63. The number of likely N-dealkylation sites (N-methyl/N-ethyl adjacent to an activating group) is 1. The zero-order valence-electron chi connectivity index (χ0n) is 8.64. The number of amides is 1. The van der Waals surface area contributed by atoms with Gasteiger partial charge in [-0.25, -0.2) is 0 Å². The van der Waals surface area contributed by atoms with Crippen LogP contribution in [0.1, 0.15) is 18.1 Å². The van der Waals surface area contributed by atoms with Crippen LogP contribution < -0.4 is 4.90 Å². The fourth-order valence-electron chi connectivity index (χ4n) is 2.00. The summed E-state index contributed by atoms with van der Waals surface area (Å²) in [5.41, 5.74) is -0.234. The number of benzene rings is 1. The average molecular weight is 229 g/mol. The molecule has 0 aliphatic carbocycles. The van der Waals surface area contributed by atoms with Gasteiger partial charge in [0, 0.05) is 6.54 Å². The van der Waals surface area contributed by atoms with Gasteiger partial charge in [-0.3, -0.25) is 4.79 Å². The monoisotopic (exact) mass is 229 g/mol. The quantitative estimate of drug-likeness (QED) is 0.724. The van der Waals surface area contributed by atoms with Gasteiger partial charge in [-0.1, -0.05) is 12.1 Å². The van der Waals surface area contributed by atoms with Crippen LogP contribution in [0.25, 0.3) is 0 Å². The summed E-state index contributed by atoms with van der Waals surface area (Å²) < 4.78 is 38.2. The summed E-state index contributed by atoms with van der Waals surface area (Å²) in [4.78, 5) is 12.7. The summed E-state index contributed by atoms with van der Waals surface area (Å²) in [6.07, 6.45) is -4.35. The lowest BCUT2D eigenvalue weighted by Crippen LogP contribution is -2.27. The number of rotatable bonds is 1. The summed E-state index contributed by atoms with van der Waals surface area (Å²) in [7, 11) is 0. The van der Waals surface area contributed by atoms with Crippen molar-refractivity contribution >= 4 is 11.6 Å². The third kappa shape index (κ3) is 1.56. The van der Waals surface area contributed by atoms with Gasteiger partial charge in [0.25, 0.3) is 0 Å². The van der Waals surface area contributed by atoms with Gasteiger partial charge in [-0.05, 0) is 18.6 Å². The molecule has 86 valence electrons. The zero-order valence-corrected chi connectivity index (χ0v) is 8.64. The van der Waals surface area contributed by atoms with Crippen molar-refractivity contribution in [3.05, 3.63) is 29.3 Å². The first kappa shape index (κ1) is 11.0. The standard InChI is InChI=1S/C11H10F3NO/c1-2-15-9(16)6-7-4-3-5-8(10(7)15)11(12,13)14/h3-5H,2,6H2,1H3. The number of carbonyl (C=O) groups excluding carboxylic acids is 1. The van der Waals surface area contributed by atoms with E-state index in [1.165, 1.54) is 11.0 Å². The van der Waals surface area contributed by atoms with Crippen LogP contribution in [0, 0.1) is 0 Å². The topological polar surface area (TPSA) is 20.3 Å². The van der Waals surface area contributed by atoms with Gasteiger partial charge < -0.3 is 4.90 Å². The van der Waals surface area contributed by atoms with E-state index in [9.17, 15) is 18.0 Å². The molecule has 0 aromatic heterocycles. The van der Waals surface area contributed by atoms with Crippen LogP contribution in [0.2, 0.25) is 0 Å². The molecule has 1 amide bonds. The molecule has 0 bridgehead atoms. The van der Waals surface area contributed by atoms with E-state index >= 15 is 0 Å². The molecule has 0 saturated heterocycles. The Balaban J connectivity index is 2.61. The van der Waals surface area contributed by atoms with E-state index in [2.05, 4.69) is 0 Å². The van der Waals surface area contributed by atoms with Crippen molar-refractivity contribution in [3.8, 4) is 0 Å². The molecule has 1 aromatic carbocycles. The lowest BCUT2D eigenvalue weighted by atomic mass is 10.1. The van der Waals surface area contributed by atoms with Crippen LogP contribution in [0.15, 0.2) is 18.2 Å². The van der Waals surface area contributed by atoms with Crippen molar-refractivity contribution in [3.63, 3.8) is 0 Å². The normalized spacial score (nSPS) is 15.5. The van der Waals surface area contributed by atoms with E-state index in [1.807, 2.05) is 0 Å². The molecular weight excluding hydrogens is 219 g/mol. The molecule has 0 fully saturated rings. The van der Waals surface area contributed by atoms with Gasteiger partial charge in [0.2, 0.25) is 5.91 Å². The van der Waals surface area contributed by atoms with Crippen LogP contribution in [0.5, 0.6) is 0 Å². The van der Waals surface area contributed by atoms with E-state index in [-0.39, 0.29) is 24.6 Å². The Labute approximate surface area is 90.7 Å². The van der Waals surface area contributed by atoms with E-state index < -0.39 is 11.7 Å². The SMILES string of the molecule is CCN1C(=O)Cc2cccc(C(F)(F)F)c21. The highest BCUT2D eigenvalue weighted by atomic mass is 19.4. The molecule has 2 nitrogen and oxygen atoms in total. The summed E-state index contributed by atoms with van der Waals surface area (Å²) in [6, 6.07) is 3.92. The predicted octanol–water partition coefficient (Wildman–Crippen LogP) is 2.61. The maximum absolute atomic E-state index is 12.7. The maximum atomic E-state index is 12.7. The van der Waals surface area contributed by atoms with Crippen LogP contribution in [0.3, 0.4) is 0 Å². The number of anilines is 1. The van der Waals surface area contributed by atoms with Gasteiger partial charge in [0.1, 0.15) is 0 Å².